The largest absolute Gasteiger partial charge is 0.198 e. The van der Waals surface area contributed by atoms with Crippen LogP contribution < -0.4 is 0 Å². The van der Waals surface area contributed by atoms with Gasteiger partial charge in [0.1, 0.15) is 0 Å². The molecule has 1 heteroatoms. The zero-order valence-electron chi connectivity index (χ0n) is 11.3. The van der Waals surface area contributed by atoms with Crippen LogP contribution in [0.2, 0.25) is 0 Å². The van der Waals surface area contributed by atoms with E-state index in [1.165, 1.54) is 32.1 Å². The van der Waals surface area contributed by atoms with Crippen molar-refractivity contribution in [1.29, 1.82) is 5.26 Å². The molecule has 92 valence electrons. The molecule has 0 N–H and O–H groups in total. The van der Waals surface area contributed by atoms with Crippen molar-refractivity contribution in [3.05, 3.63) is 0 Å². The van der Waals surface area contributed by atoms with Gasteiger partial charge in [-0.15, -0.1) is 0 Å². The Morgan fingerprint density at radius 2 is 1.94 bits per heavy atom. The fourth-order valence-electron chi connectivity index (χ4n) is 2.91. The van der Waals surface area contributed by atoms with Crippen LogP contribution in [-0.4, -0.2) is 0 Å². The van der Waals surface area contributed by atoms with Gasteiger partial charge in [0.05, 0.1) is 11.5 Å². The molecule has 1 nitrogen and oxygen atoms in total. The fourth-order valence-corrected chi connectivity index (χ4v) is 2.91. The quantitative estimate of drug-likeness (QED) is 0.646. The van der Waals surface area contributed by atoms with Crippen molar-refractivity contribution in [3.63, 3.8) is 0 Å². The molecule has 0 aromatic rings. The summed E-state index contributed by atoms with van der Waals surface area (Å²) < 4.78 is 0. The normalized spacial score (nSPS) is 30.3. The SMILES string of the molecule is CCCC1CCC(C#N)(CCC(C)C)CC1. The summed E-state index contributed by atoms with van der Waals surface area (Å²) in [5.41, 5.74) is 0.0362. The van der Waals surface area contributed by atoms with Gasteiger partial charge < -0.3 is 0 Å². The minimum Gasteiger partial charge on any atom is -0.198 e. The lowest BCUT2D eigenvalue weighted by Gasteiger charge is -2.35. The average Bonchev–Trinajstić information content (AvgIpc) is 2.29. The van der Waals surface area contributed by atoms with E-state index >= 15 is 0 Å². The predicted octanol–water partition coefficient (Wildman–Crippen LogP) is 4.92. The summed E-state index contributed by atoms with van der Waals surface area (Å²) >= 11 is 0. The van der Waals surface area contributed by atoms with E-state index in [-0.39, 0.29) is 5.41 Å². The Hall–Kier alpha value is -0.510. The van der Waals surface area contributed by atoms with Crippen LogP contribution in [0.4, 0.5) is 0 Å². The molecular formula is C15H27N. The highest BCUT2D eigenvalue weighted by molar-refractivity contribution is 5.01. The number of nitriles is 1. The second-order valence-corrected chi connectivity index (χ2v) is 6.06. The Kier molecular flexibility index (Phi) is 5.32. The third kappa shape index (κ3) is 3.81. The number of hydrogen-bond donors (Lipinski definition) is 0. The topological polar surface area (TPSA) is 23.8 Å². The van der Waals surface area contributed by atoms with Gasteiger partial charge in [0.25, 0.3) is 0 Å². The third-order valence-corrected chi connectivity index (χ3v) is 4.20. The van der Waals surface area contributed by atoms with E-state index in [0.29, 0.717) is 0 Å². The molecule has 0 heterocycles. The van der Waals surface area contributed by atoms with Gasteiger partial charge in [0.2, 0.25) is 0 Å². The minimum atomic E-state index is 0.0362. The Labute approximate surface area is 101 Å². The smallest absolute Gasteiger partial charge is 0.0689 e. The average molecular weight is 221 g/mol. The highest BCUT2D eigenvalue weighted by Crippen LogP contribution is 2.43. The second-order valence-electron chi connectivity index (χ2n) is 6.06. The molecule has 0 aliphatic heterocycles. The fraction of sp³-hybridized carbons (Fsp3) is 0.933. The first-order valence-electron chi connectivity index (χ1n) is 7.03. The van der Waals surface area contributed by atoms with Crippen LogP contribution in [0, 0.1) is 28.6 Å². The lowest BCUT2D eigenvalue weighted by molar-refractivity contribution is 0.181. The first-order chi connectivity index (χ1) is 7.62. The lowest BCUT2D eigenvalue weighted by Crippen LogP contribution is -2.26. The van der Waals surface area contributed by atoms with E-state index in [9.17, 15) is 5.26 Å². The lowest BCUT2D eigenvalue weighted by atomic mass is 9.67. The summed E-state index contributed by atoms with van der Waals surface area (Å²) in [6.45, 7) is 6.78. The highest BCUT2D eigenvalue weighted by Gasteiger charge is 2.34. The maximum atomic E-state index is 9.42. The minimum absolute atomic E-state index is 0.0362. The van der Waals surface area contributed by atoms with Gasteiger partial charge >= 0.3 is 0 Å². The van der Waals surface area contributed by atoms with E-state index in [2.05, 4.69) is 26.8 Å². The molecule has 0 spiro atoms. The molecule has 1 saturated carbocycles. The second kappa shape index (κ2) is 6.28. The molecule has 16 heavy (non-hydrogen) atoms. The van der Waals surface area contributed by atoms with Crippen molar-refractivity contribution in [2.45, 2.75) is 72.1 Å². The maximum Gasteiger partial charge on any atom is 0.0689 e. The van der Waals surface area contributed by atoms with Crippen molar-refractivity contribution in [3.8, 4) is 6.07 Å². The molecule has 0 amide bonds. The van der Waals surface area contributed by atoms with Crippen molar-refractivity contribution in [1.82, 2.24) is 0 Å². The Bertz CT molecular complexity index is 228. The Balaban J connectivity index is 2.42. The number of nitrogens with zero attached hydrogens (tertiary/aromatic N) is 1. The molecule has 0 bridgehead atoms. The highest BCUT2D eigenvalue weighted by atomic mass is 14.4. The van der Waals surface area contributed by atoms with Gasteiger partial charge in [-0.1, -0.05) is 33.6 Å². The summed E-state index contributed by atoms with van der Waals surface area (Å²) in [5, 5.41) is 9.42. The van der Waals surface area contributed by atoms with Crippen LogP contribution in [0.5, 0.6) is 0 Å². The van der Waals surface area contributed by atoms with E-state index in [0.717, 1.165) is 31.1 Å². The molecule has 0 unspecified atom stereocenters. The molecule has 1 aliphatic rings. The van der Waals surface area contributed by atoms with Crippen LogP contribution in [0.15, 0.2) is 0 Å². The Morgan fingerprint density at radius 1 is 1.31 bits per heavy atom. The number of rotatable bonds is 5. The summed E-state index contributed by atoms with van der Waals surface area (Å²) in [6.07, 6.45) is 9.90. The molecule has 0 aromatic carbocycles. The predicted molar refractivity (Wildman–Crippen MR) is 69.0 cm³/mol. The standard InChI is InChI=1S/C15H27N/c1-4-5-14-7-10-15(12-16,11-8-14)9-6-13(2)3/h13-14H,4-11H2,1-3H3. The molecule has 1 rings (SSSR count). The van der Waals surface area contributed by atoms with E-state index in [1.54, 1.807) is 0 Å². The first-order valence-corrected chi connectivity index (χ1v) is 7.03. The zero-order valence-corrected chi connectivity index (χ0v) is 11.3. The van der Waals surface area contributed by atoms with Gasteiger partial charge in [-0.25, -0.2) is 0 Å². The van der Waals surface area contributed by atoms with Crippen LogP contribution in [-0.2, 0) is 0 Å². The summed E-state index contributed by atoms with van der Waals surface area (Å²) in [5.74, 6) is 1.64. The van der Waals surface area contributed by atoms with Gasteiger partial charge in [-0.3, -0.25) is 0 Å². The van der Waals surface area contributed by atoms with Crippen molar-refractivity contribution in [2.75, 3.05) is 0 Å². The van der Waals surface area contributed by atoms with Gasteiger partial charge in [0.15, 0.2) is 0 Å². The maximum absolute atomic E-state index is 9.42. The number of hydrogen-bond acceptors (Lipinski definition) is 1. The Morgan fingerprint density at radius 3 is 2.38 bits per heavy atom. The van der Waals surface area contributed by atoms with Gasteiger partial charge in [-0.2, -0.15) is 5.26 Å². The summed E-state index contributed by atoms with van der Waals surface area (Å²) in [4.78, 5) is 0. The van der Waals surface area contributed by atoms with Crippen LogP contribution in [0.3, 0.4) is 0 Å². The molecule has 0 saturated heterocycles. The first kappa shape index (κ1) is 13.6. The molecule has 1 aliphatic carbocycles. The van der Waals surface area contributed by atoms with Gasteiger partial charge in [-0.05, 0) is 50.4 Å². The van der Waals surface area contributed by atoms with Crippen LogP contribution in [0.25, 0.3) is 0 Å². The van der Waals surface area contributed by atoms with Crippen LogP contribution in [0.1, 0.15) is 72.1 Å². The molecular weight excluding hydrogens is 194 g/mol. The van der Waals surface area contributed by atoms with Crippen LogP contribution >= 0.6 is 0 Å². The molecule has 0 radical (unpaired) electrons. The van der Waals surface area contributed by atoms with E-state index in [1.807, 2.05) is 0 Å². The van der Waals surface area contributed by atoms with E-state index in [4.69, 9.17) is 0 Å². The molecule has 0 aromatic heterocycles. The molecule has 1 fully saturated rings. The van der Waals surface area contributed by atoms with Crippen molar-refractivity contribution in [2.24, 2.45) is 17.3 Å². The summed E-state index contributed by atoms with van der Waals surface area (Å²) in [7, 11) is 0. The van der Waals surface area contributed by atoms with E-state index < -0.39 is 0 Å². The zero-order chi connectivity index (χ0) is 12.0. The monoisotopic (exact) mass is 221 g/mol. The molecule has 0 atom stereocenters. The van der Waals surface area contributed by atoms with Crippen molar-refractivity contribution >= 4 is 0 Å². The third-order valence-electron chi connectivity index (χ3n) is 4.20. The van der Waals surface area contributed by atoms with Gasteiger partial charge in [0, 0.05) is 0 Å². The summed E-state index contributed by atoms with van der Waals surface area (Å²) in [6, 6.07) is 2.64. The van der Waals surface area contributed by atoms with Crippen molar-refractivity contribution < 1.29 is 0 Å².